The molecule has 3 aromatic rings. The molecule has 7 heteroatoms. The lowest BCUT2D eigenvalue weighted by atomic mass is 10.0. The summed E-state index contributed by atoms with van der Waals surface area (Å²) in [4.78, 5) is 12.6. The third-order valence-corrected chi connectivity index (χ3v) is 5.38. The number of hydrogen-bond donors (Lipinski definition) is 2. The van der Waals surface area contributed by atoms with Crippen molar-refractivity contribution in [2.75, 3.05) is 10.5 Å². The fraction of sp³-hybridized carbons (Fsp3) is 0. The molecule has 3 rings (SSSR count). The highest BCUT2D eigenvalue weighted by Crippen LogP contribution is 2.27. The lowest BCUT2D eigenvalue weighted by Gasteiger charge is -2.13. The number of nitrogens with one attached hydrogen (secondary N) is 1. The number of para-hydroxylation sites is 2. The van der Waals surface area contributed by atoms with Crippen LogP contribution in [0.15, 0.2) is 77.7 Å². The predicted octanol–water partition coefficient (Wildman–Crippen LogP) is 3.95. The maximum Gasteiger partial charge on any atom is 0.262 e. The van der Waals surface area contributed by atoms with E-state index in [4.69, 9.17) is 17.3 Å². The number of nitrogens with two attached hydrogens (primary N) is 1. The molecule has 0 aromatic heterocycles. The van der Waals surface area contributed by atoms with Gasteiger partial charge in [0.25, 0.3) is 10.0 Å². The Morgan fingerprint density at radius 2 is 1.58 bits per heavy atom. The average Bonchev–Trinajstić information content (AvgIpc) is 2.63. The van der Waals surface area contributed by atoms with Crippen LogP contribution in [0.25, 0.3) is 0 Å². The van der Waals surface area contributed by atoms with Gasteiger partial charge >= 0.3 is 0 Å². The summed E-state index contributed by atoms with van der Waals surface area (Å²) in [7, 11) is -4.05. The number of hydrogen-bond acceptors (Lipinski definition) is 4. The normalized spacial score (nSPS) is 11.1. The van der Waals surface area contributed by atoms with E-state index >= 15 is 0 Å². The molecule has 3 N–H and O–H groups in total. The molecular formula is C19H15ClN2O3S. The molecule has 0 aliphatic carbocycles. The first-order valence-electron chi connectivity index (χ1n) is 7.65. The molecule has 0 saturated carbocycles. The molecule has 0 saturated heterocycles. The standard InChI is InChI=1S/C19H15ClN2O3S/c20-14-10-11-18(15(12-14)19(23)13-6-2-1-3-7-13)26(24,25)22-17-9-5-4-8-16(17)21/h1-12,22H,21H2. The van der Waals surface area contributed by atoms with E-state index in [1.54, 1.807) is 54.6 Å². The Balaban J connectivity index is 2.08. The third-order valence-electron chi connectivity index (χ3n) is 3.72. The van der Waals surface area contributed by atoms with Crippen molar-refractivity contribution in [2.45, 2.75) is 4.90 Å². The van der Waals surface area contributed by atoms with Crippen molar-refractivity contribution >= 4 is 38.8 Å². The summed E-state index contributed by atoms with van der Waals surface area (Å²) in [5.41, 5.74) is 6.68. The van der Waals surface area contributed by atoms with E-state index in [0.29, 0.717) is 5.56 Å². The highest BCUT2D eigenvalue weighted by atomic mass is 35.5. The minimum atomic E-state index is -4.05. The smallest absolute Gasteiger partial charge is 0.262 e. The van der Waals surface area contributed by atoms with Gasteiger partial charge in [0, 0.05) is 16.1 Å². The molecule has 0 aliphatic heterocycles. The van der Waals surface area contributed by atoms with E-state index in [-0.39, 0.29) is 26.9 Å². The predicted molar refractivity (Wildman–Crippen MR) is 103 cm³/mol. The first-order valence-corrected chi connectivity index (χ1v) is 9.51. The van der Waals surface area contributed by atoms with E-state index in [0.717, 1.165) is 0 Å². The van der Waals surface area contributed by atoms with Crippen LogP contribution in [0.5, 0.6) is 0 Å². The van der Waals surface area contributed by atoms with Crippen LogP contribution in [0.2, 0.25) is 5.02 Å². The fourth-order valence-electron chi connectivity index (χ4n) is 2.45. The Morgan fingerprint density at radius 1 is 0.923 bits per heavy atom. The van der Waals surface area contributed by atoms with E-state index in [2.05, 4.69) is 4.72 Å². The number of sulfonamides is 1. The van der Waals surface area contributed by atoms with Crippen molar-refractivity contribution in [3.8, 4) is 0 Å². The van der Waals surface area contributed by atoms with Crippen LogP contribution >= 0.6 is 11.6 Å². The second kappa shape index (κ2) is 7.19. The minimum absolute atomic E-state index is 0.00861. The maximum atomic E-state index is 12.9. The Morgan fingerprint density at radius 3 is 2.27 bits per heavy atom. The Kier molecular flexibility index (Phi) is 4.97. The van der Waals surface area contributed by atoms with E-state index in [1.807, 2.05) is 0 Å². The van der Waals surface area contributed by atoms with Gasteiger partial charge in [0.15, 0.2) is 5.78 Å². The van der Waals surface area contributed by atoms with Gasteiger partial charge in [-0.1, -0.05) is 54.1 Å². The number of benzene rings is 3. The largest absolute Gasteiger partial charge is 0.397 e. The van der Waals surface area contributed by atoms with Gasteiger partial charge in [-0.05, 0) is 30.3 Å². The molecule has 5 nitrogen and oxygen atoms in total. The van der Waals surface area contributed by atoms with Crippen molar-refractivity contribution in [1.82, 2.24) is 0 Å². The van der Waals surface area contributed by atoms with Gasteiger partial charge in [0.1, 0.15) is 0 Å². The van der Waals surface area contributed by atoms with Gasteiger partial charge in [-0.2, -0.15) is 0 Å². The summed E-state index contributed by atoms with van der Waals surface area (Å²) in [5, 5.41) is 0.266. The molecular weight excluding hydrogens is 372 g/mol. The SMILES string of the molecule is Nc1ccccc1NS(=O)(=O)c1ccc(Cl)cc1C(=O)c1ccccc1. The lowest BCUT2D eigenvalue weighted by molar-refractivity contribution is 0.103. The van der Waals surface area contributed by atoms with Crippen LogP contribution in [0.3, 0.4) is 0 Å². The average molecular weight is 387 g/mol. The number of nitrogen functional groups attached to an aromatic ring is 1. The molecule has 0 fully saturated rings. The van der Waals surface area contributed by atoms with Crippen molar-refractivity contribution in [1.29, 1.82) is 0 Å². The zero-order chi connectivity index (χ0) is 18.7. The van der Waals surface area contributed by atoms with Crippen LogP contribution in [0, 0.1) is 0 Å². The van der Waals surface area contributed by atoms with Crippen LogP contribution in [0.4, 0.5) is 11.4 Å². The monoisotopic (exact) mass is 386 g/mol. The molecule has 0 radical (unpaired) electrons. The summed E-state index contributed by atoms with van der Waals surface area (Å²) >= 11 is 6.00. The van der Waals surface area contributed by atoms with Crippen molar-refractivity contribution in [2.24, 2.45) is 0 Å². The zero-order valence-electron chi connectivity index (χ0n) is 13.5. The number of anilines is 2. The first-order chi connectivity index (χ1) is 12.4. The van der Waals surface area contributed by atoms with Gasteiger partial charge in [0.05, 0.1) is 16.3 Å². The highest BCUT2D eigenvalue weighted by Gasteiger charge is 2.24. The zero-order valence-corrected chi connectivity index (χ0v) is 15.1. The number of carbonyl (C=O) groups is 1. The van der Waals surface area contributed by atoms with Crippen molar-refractivity contribution in [3.05, 3.63) is 88.9 Å². The van der Waals surface area contributed by atoms with Crippen molar-refractivity contribution < 1.29 is 13.2 Å². The van der Waals surface area contributed by atoms with E-state index < -0.39 is 15.8 Å². The topological polar surface area (TPSA) is 89.3 Å². The van der Waals surface area contributed by atoms with Gasteiger partial charge in [-0.3, -0.25) is 9.52 Å². The maximum absolute atomic E-state index is 12.9. The second-order valence-corrected chi connectivity index (χ2v) is 7.62. The van der Waals surface area contributed by atoms with E-state index in [1.165, 1.54) is 18.2 Å². The van der Waals surface area contributed by atoms with Crippen LogP contribution < -0.4 is 10.5 Å². The molecule has 26 heavy (non-hydrogen) atoms. The molecule has 132 valence electrons. The summed E-state index contributed by atoms with van der Waals surface area (Å²) in [6.45, 7) is 0. The lowest BCUT2D eigenvalue weighted by Crippen LogP contribution is -2.18. The first kappa shape index (κ1) is 18.0. The quantitative estimate of drug-likeness (QED) is 0.513. The summed E-state index contributed by atoms with van der Waals surface area (Å²) in [6.07, 6.45) is 0. The third kappa shape index (κ3) is 3.71. The molecule has 0 unspecified atom stereocenters. The fourth-order valence-corrected chi connectivity index (χ4v) is 3.89. The van der Waals surface area contributed by atoms with Crippen molar-refractivity contribution in [3.63, 3.8) is 0 Å². The van der Waals surface area contributed by atoms with Crippen LogP contribution in [-0.4, -0.2) is 14.2 Å². The summed E-state index contributed by atoms with van der Waals surface area (Å²) in [6, 6.07) is 19.0. The number of rotatable bonds is 5. The molecule has 0 atom stereocenters. The second-order valence-electron chi connectivity index (χ2n) is 5.53. The molecule has 0 amide bonds. The van der Waals surface area contributed by atoms with Gasteiger partial charge < -0.3 is 5.73 Å². The number of carbonyl (C=O) groups excluding carboxylic acids is 1. The van der Waals surface area contributed by atoms with Crippen LogP contribution in [-0.2, 0) is 10.0 Å². The van der Waals surface area contributed by atoms with Gasteiger partial charge in [-0.15, -0.1) is 0 Å². The minimum Gasteiger partial charge on any atom is -0.397 e. The Bertz CT molecular complexity index is 1070. The highest BCUT2D eigenvalue weighted by molar-refractivity contribution is 7.92. The summed E-state index contributed by atoms with van der Waals surface area (Å²) < 4.78 is 28.1. The molecule has 3 aromatic carbocycles. The molecule has 0 spiro atoms. The Hall–Kier alpha value is -2.83. The summed E-state index contributed by atoms with van der Waals surface area (Å²) in [5.74, 6) is -0.436. The van der Waals surface area contributed by atoms with Gasteiger partial charge in [0.2, 0.25) is 0 Å². The van der Waals surface area contributed by atoms with Crippen LogP contribution in [0.1, 0.15) is 15.9 Å². The molecule has 0 aliphatic rings. The molecule has 0 heterocycles. The Labute approximate surface area is 156 Å². The number of halogens is 1. The van der Waals surface area contributed by atoms with Gasteiger partial charge in [-0.25, -0.2) is 8.42 Å². The molecule has 0 bridgehead atoms. The number of ketones is 1. The van der Waals surface area contributed by atoms with E-state index in [9.17, 15) is 13.2 Å².